The van der Waals surface area contributed by atoms with Crippen LogP contribution in [0.4, 0.5) is 5.95 Å². The maximum Gasteiger partial charge on any atom is 0.204 e. The highest BCUT2D eigenvalue weighted by Crippen LogP contribution is 2.41. The number of benzene rings is 3. The molecule has 28 heavy (non-hydrogen) atoms. The van der Waals surface area contributed by atoms with E-state index in [0.29, 0.717) is 0 Å². The molecule has 0 radical (unpaired) electrons. The summed E-state index contributed by atoms with van der Waals surface area (Å²) in [5.41, 5.74) is 4.69. The highest BCUT2D eigenvalue weighted by Gasteiger charge is 2.30. The van der Waals surface area contributed by atoms with Gasteiger partial charge in [0.25, 0.3) is 0 Å². The van der Waals surface area contributed by atoms with Gasteiger partial charge in [-0.3, -0.25) is 0 Å². The Balaban J connectivity index is 1.63. The average Bonchev–Trinajstić information content (AvgIpc) is 3.12. The van der Waals surface area contributed by atoms with Crippen LogP contribution in [0.2, 0.25) is 0 Å². The molecule has 0 spiro atoms. The van der Waals surface area contributed by atoms with Gasteiger partial charge < -0.3 is 14.6 Å². The molecule has 0 aliphatic carbocycles. The van der Waals surface area contributed by atoms with Crippen LogP contribution in [-0.4, -0.2) is 16.7 Å². The molecule has 0 saturated carbocycles. The number of halogens is 1. The Kier molecular flexibility index (Phi) is 4.32. The van der Waals surface area contributed by atoms with Crippen molar-refractivity contribution in [1.29, 1.82) is 0 Å². The van der Waals surface area contributed by atoms with Gasteiger partial charge in [-0.1, -0.05) is 52.3 Å². The molecular weight excluding hydrogens is 414 g/mol. The van der Waals surface area contributed by atoms with E-state index in [9.17, 15) is 0 Å². The van der Waals surface area contributed by atoms with Crippen LogP contribution in [-0.2, 0) is 0 Å². The van der Waals surface area contributed by atoms with Crippen molar-refractivity contribution in [3.05, 3.63) is 88.4 Å². The molecular formula is C23H20BrN3O. The molecule has 0 unspecified atom stereocenters. The van der Waals surface area contributed by atoms with Crippen LogP contribution in [0.15, 0.2) is 77.3 Å². The molecule has 2 atom stereocenters. The number of nitrogens with one attached hydrogen (secondary N) is 1. The van der Waals surface area contributed by atoms with Crippen molar-refractivity contribution in [2.24, 2.45) is 0 Å². The standard InChI is InChI=1S/C23H20BrN3O/c1-28-18-12-8-16(9-13-18)22-14-20(15-6-10-17(24)11-7-15)26-23-25-19-4-2-3-5-21(19)27(22)23/h2-13,20,22H,14H2,1H3,(H,25,26)/t20-,22-/m0/s1. The molecule has 3 aromatic carbocycles. The van der Waals surface area contributed by atoms with E-state index in [4.69, 9.17) is 9.72 Å². The van der Waals surface area contributed by atoms with E-state index >= 15 is 0 Å². The Morgan fingerprint density at radius 2 is 1.68 bits per heavy atom. The number of anilines is 1. The fourth-order valence-electron chi connectivity index (χ4n) is 4.03. The molecule has 1 aromatic heterocycles. The number of aromatic nitrogens is 2. The molecule has 1 aliphatic rings. The zero-order valence-corrected chi connectivity index (χ0v) is 17.1. The first-order valence-corrected chi connectivity index (χ1v) is 10.1. The van der Waals surface area contributed by atoms with Crippen molar-refractivity contribution in [3.8, 4) is 5.75 Å². The van der Waals surface area contributed by atoms with Gasteiger partial charge in [-0.05, 0) is 53.9 Å². The first kappa shape index (κ1) is 17.3. The summed E-state index contributed by atoms with van der Waals surface area (Å²) >= 11 is 3.53. The molecule has 1 N–H and O–H groups in total. The third kappa shape index (κ3) is 2.96. The van der Waals surface area contributed by atoms with Gasteiger partial charge in [0.05, 0.1) is 30.2 Å². The zero-order valence-electron chi connectivity index (χ0n) is 15.5. The second-order valence-electron chi connectivity index (χ2n) is 7.07. The van der Waals surface area contributed by atoms with Crippen molar-refractivity contribution in [1.82, 2.24) is 9.55 Å². The number of hydrogen-bond donors (Lipinski definition) is 1. The van der Waals surface area contributed by atoms with Crippen molar-refractivity contribution in [2.45, 2.75) is 18.5 Å². The lowest BCUT2D eigenvalue weighted by molar-refractivity contribution is 0.414. The Morgan fingerprint density at radius 1 is 0.964 bits per heavy atom. The van der Waals surface area contributed by atoms with E-state index in [0.717, 1.165) is 33.6 Å². The number of methoxy groups -OCH3 is 1. The Bertz CT molecular complexity index is 1120. The van der Waals surface area contributed by atoms with Gasteiger partial charge in [0, 0.05) is 4.47 Å². The van der Waals surface area contributed by atoms with Crippen molar-refractivity contribution >= 4 is 32.9 Å². The van der Waals surface area contributed by atoms with Crippen LogP contribution in [0.1, 0.15) is 29.6 Å². The monoisotopic (exact) mass is 433 g/mol. The second-order valence-corrected chi connectivity index (χ2v) is 7.98. The second kappa shape index (κ2) is 6.99. The Labute approximate surface area is 172 Å². The molecule has 2 heterocycles. The fraction of sp³-hybridized carbons (Fsp3) is 0.174. The summed E-state index contributed by atoms with van der Waals surface area (Å²) in [6, 6.07) is 25.6. The molecule has 5 heteroatoms. The van der Waals surface area contributed by atoms with Crippen molar-refractivity contribution in [2.75, 3.05) is 12.4 Å². The number of nitrogens with zero attached hydrogens (tertiary/aromatic N) is 2. The number of imidazole rings is 1. The van der Waals surface area contributed by atoms with Crippen LogP contribution >= 0.6 is 15.9 Å². The predicted octanol–water partition coefficient (Wildman–Crippen LogP) is 5.95. The van der Waals surface area contributed by atoms with E-state index in [1.54, 1.807) is 7.11 Å². The minimum Gasteiger partial charge on any atom is -0.497 e. The SMILES string of the molecule is COc1ccc([C@@H]2C[C@@H](c3ccc(Br)cc3)Nc3nc4ccccc4n32)cc1. The third-order valence-corrected chi connectivity index (χ3v) is 5.97. The van der Waals surface area contributed by atoms with Crippen molar-refractivity contribution < 1.29 is 4.74 Å². The van der Waals surface area contributed by atoms with E-state index in [1.807, 2.05) is 18.2 Å². The number of fused-ring (bicyclic) bond motifs is 3. The minimum absolute atomic E-state index is 0.197. The van der Waals surface area contributed by atoms with E-state index < -0.39 is 0 Å². The molecule has 0 amide bonds. The summed E-state index contributed by atoms with van der Waals surface area (Å²) in [5.74, 6) is 1.79. The Morgan fingerprint density at radius 3 is 2.43 bits per heavy atom. The highest BCUT2D eigenvalue weighted by molar-refractivity contribution is 9.10. The average molecular weight is 434 g/mol. The molecule has 0 bridgehead atoms. The quantitative estimate of drug-likeness (QED) is 0.433. The summed E-state index contributed by atoms with van der Waals surface area (Å²) in [5, 5.41) is 3.66. The van der Waals surface area contributed by atoms with Crippen LogP contribution in [0.5, 0.6) is 5.75 Å². The smallest absolute Gasteiger partial charge is 0.204 e. The third-order valence-electron chi connectivity index (χ3n) is 5.44. The molecule has 140 valence electrons. The maximum atomic E-state index is 5.35. The molecule has 4 aromatic rings. The number of para-hydroxylation sites is 2. The van der Waals surface area contributed by atoms with Gasteiger partial charge >= 0.3 is 0 Å². The summed E-state index contributed by atoms with van der Waals surface area (Å²) in [6.45, 7) is 0. The predicted molar refractivity (Wildman–Crippen MR) is 116 cm³/mol. The lowest BCUT2D eigenvalue weighted by atomic mass is 9.93. The number of ether oxygens (including phenoxy) is 1. The van der Waals surface area contributed by atoms with E-state index in [1.165, 1.54) is 11.1 Å². The summed E-state index contributed by atoms with van der Waals surface area (Å²) in [6.07, 6.45) is 0.946. The van der Waals surface area contributed by atoms with Crippen LogP contribution in [0.25, 0.3) is 11.0 Å². The summed E-state index contributed by atoms with van der Waals surface area (Å²) in [7, 11) is 1.70. The first-order chi connectivity index (χ1) is 13.7. The molecule has 4 nitrogen and oxygen atoms in total. The molecule has 0 fully saturated rings. The van der Waals surface area contributed by atoms with E-state index in [-0.39, 0.29) is 12.1 Å². The summed E-state index contributed by atoms with van der Waals surface area (Å²) < 4.78 is 8.76. The largest absolute Gasteiger partial charge is 0.497 e. The van der Waals surface area contributed by atoms with Gasteiger partial charge in [-0.25, -0.2) is 4.98 Å². The normalized spacial score (nSPS) is 18.5. The first-order valence-electron chi connectivity index (χ1n) is 9.36. The van der Waals surface area contributed by atoms with Gasteiger partial charge in [0.15, 0.2) is 0 Å². The van der Waals surface area contributed by atoms with Crippen molar-refractivity contribution in [3.63, 3.8) is 0 Å². The molecule has 5 rings (SSSR count). The van der Waals surface area contributed by atoms with Crippen LogP contribution < -0.4 is 10.1 Å². The van der Waals surface area contributed by atoms with Gasteiger partial charge in [0.1, 0.15) is 5.75 Å². The van der Waals surface area contributed by atoms with Gasteiger partial charge in [-0.2, -0.15) is 0 Å². The molecule has 0 saturated heterocycles. The van der Waals surface area contributed by atoms with Crippen LogP contribution in [0.3, 0.4) is 0 Å². The molecule has 1 aliphatic heterocycles. The number of hydrogen-bond acceptors (Lipinski definition) is 3. The van der Waals surface area contributed by atoms with E-state index in [2.05, 4.69) is 80.4 Å². The lowest BCUT2D eigenvalue weighted by Crippen LogP contribution is -2.27. The van der Waals surface area contributed by atoms with Gasteiger partial charge in [0.2, 0.25) is 5.95 Å². The lowest BCUT2D eigenvalue weighted by Gasteiger charge is -2.33. The fourth-order valence-corrected chi connectivity index (χ4v) is 4.30. The zero-order chi connectivity index (χ0) is 19.1. The van der Waals surface area contributed by atoms with Crippen LogP contribution in [0, 0.1) is 0 Å². The number of rotatable bonds is 3. The topological polar surface area (TPSA) is 39.1 Å². The Hall–Kier alpha value is -2.79. The van der Waals surface area contributed by atoms with Gasteiger partial charge in [-0.15, -0.1) is 0 Å². The summed E-state index contributed by atoms with van der Waals surface area (Å²) in [4.78, 5) is 4.87. The maximum absolute atomic E-state index is 5.35. The highest BCUT2D eigenvalue weighted by atomic mass is 79.9. The minimum atomic E-state index is 0.197.